The van der Waals surface area contributed by atoms with Crippen molar-refractivity contribution in [2.45, 2.75) is 50.5 Å². The van der Waals surface area contributed by atoms with Gasteiger partial charge in [-0.2, -0.15) is 0 Å². The summed E-state index contributed by atoms with van der Waals surface area (Å²) in [7, 11) is 1.46. The number of nitrogens with zero attached hydrogens (tertiary/aromatic N) is 2. The maximum absolute atomic E-state index is 13.1. The fourth-order valence-corrected chi connectivity index (χ4v) is 5.97. The number of methoxy groups -OCH3 is 1. The first-order valence-corrected chi connectivity index (χ1v) is 13.9. The van der Waals surface area contributed by atoms with E-state index in [0.29, 0.717) is 40.6 Å². The molecule has 0 spiro atoms. The van der Waals surface area contributed by atoms with Crippen LogP contribution in [-0.2, 0) is 9.59 Å². The largest absolute Gasteiger partial charge is 0.493 e. The standard InChI is InChI=1S/C29H32N4O9/c1-14-6-17-19(30-26(36)21-7-15(34)12-32(21)28(17)38)10-23(14)41-4-3-5-42-25-11-20-18(9-24(25)40-2)29(39)33-13-16(35)8-22(33)27(37)31-20/h6,9-11,15-16,21-22,34-35H,3-5,7-8,12-13H2,1-2H3,(H,30,36)(H,31,37)/t15-,16-,21+,22+/m1/s1. The predicted octanol–water partition coefficient (Wildman–Crippen LogP) is 0.907. The average Bonchev–Trinajstić information content (AvgIpc) is 3.51. The Morgan fingerprint density at radius 3 is 1.81 bits per heavy atom. The number of aryl methyl sites for hydroxylation is 1. The molecule has 0 unspecified atom stereocenters. The van der Waals surface area contributed by atoms with Gasteiger partial charge < -0.3 is 44.9 Å². The number of aliphatic hydroxyl groups excluding tert-OH is 2. The second kappa shape index (κ2) is 10.8. The van der Waals surface area contributed by atoms with E-state index in [1.807, 2.05) is 6.92 Å². The van der Waals surface area contributed by atoms with Crippen molar-refractivity contribution in [2.75, 3.05) is 44.0 Å². The molecule has 4 atom stereocenters. The van der Waals surface area contributed by atoms with Gasteiger partial charge in [0, 0.05) is 44.5 Å². The number of anilines is 2. The fourth-order valence-electron chi connectivity index (χ4n) is 5.97. The average molecular weight is 581 g/mol. The van der Waals surface area contributed by atoms with Crippen LogP contribution >= 0.6 is 0 Å². The molecule has 4 aliphatic rings. The summed E-state index contributed by atoms with van der Waals surface area (Å²) in [5, 5.41) is 25.5. The Labute approximate surface area is 241 Å². The van der Waals surface area contributed by atoms with Crippen LogP contribution in [0.1, 0.15) is 45.5 Å². The second-order valence-corrected chi connectivity index (χ2v) is 11.0. The summed E-state index contributed by atoms with van der Waals surface area (Å²) in [5.41, 5.74) is 2.01. The van der Waals surface area contributed by atoms with Crippen LogP contribution in [0.2, 0.25) is 0 Å². The monoisotopic (exact) mass is 580 g/mol. The van der Waals surface area contributed by atoms with Crippen LogP contribution in [-0.4, -0.2) is 101 Å². The van der Waals surface area contributed by atoms with E-state index in [-0.39, 0.29) is 68.3 Å². The maximum Gasteiger partial charge on any atom is 0.256 e. The Balaban J connectivity index is 1.10. The van der Waals surface area contributed by atoms with E-state index in [0.717, 1.165) is 5.56 Å². The summed E-state index contributed by atoms with van der Waals surface area (Å²) in [6.45, 7) is 2.52. The minimum atomic E-state index is -0.749. The van der Waals surface area contributed by atoms with Crippen molar-refractivity contribution in [1.82, 2.24) is 9.80 Å². The molecule has 13 heteroatoms. The van der Waals surface area contributed by atoms with E-state index < -0.39 is 24.3 Å². The number of amides is 4. The van der Waals surface area contributed by atoms with Crippen molar-refractivity contribution in [1.29, 1.82) is 0 Å². The Kier molecular flexibility index (Phi) is 7.15. The molecular formula is C29H32N4O9. The summed E-state index contributed by atoms with van der Waals surface area (Å²) in [6.07, 6.45) is -0.622. The van der Waals surface area contributed by atoms with E-state index in [1.165, 1.54) is 23.0 Å². The summed E-state index contributed by atoms with van der Waals surface area (Å²) < 4.78 is 17.3. The first-order chi connectivity index (χ1) is 20.1. The SMILES string of the molecule is COc1cc2c(cc1OCCCOc1cc3c(cc1C)C(=O)N1C[C@H](O)C[C@H]1C(=O)N3)NC(=O)[C@@H]1C[C@@H](O)CN1C2=O. The quantitative estimate of drug-likeness (QED) is 0.348. The van der Waals surface area contributed by atoms with Crippen molar-refractivity contribution in [3.8, 4) is 17.2 Å². The number of benzene rings is 2. The molecule has 222 valence electrons. The van der Waals surface area contributed by atoms with Crippen molar-refractivity contribution in [3.05, 3.63) is 41.0 Å². The second-order valence-electron chi connectivity index (χ2n) is 11.0. The first-order valence-electron chi connectivity index (χ1n) is 13.9. The lowest BCUT2D eigenvalue weighted by atomic mass is 10.1. The van der Waals surface area contributed by atoms with Crippen LogP contribution in [0.4, 0.5) is 11.4 Å². The molecule has 4 amide bonds. The topological polar surface area (TPSA) is 167 Å². The molecule has 13 nitrogen and oxygen atoms in total. The van der Waals surface area contributed by atoms with Crippen LogP contribution < -0.4 is 24.8 Å². The molecular weight excluding hydrogens is 548 g/mol. The fraction of sp³-hybridized carbons (Fsp3) is 0.448. The lowest BCUT2D eigenvalue weighted by Gasteiger charge is -2.20. The number of carbonyl (C=O) groups is 4. The summed E-state index contributed by atoms with van der Waals surface area (Å²) in [6, 6.07) is 4.96. The number of carbonyl (C=O) groups excluding carboxylic acids is 4. The van der Waals surface area contributed by atoms with Crippen LogP contribution in [0.25, 0.3) is 0 Å². The predicted molar refractivity (Wildman–Crippen MR) is 148 cm³/mol. The Hall–Kier alpha value is -4.36. The highest BCUT2D eigenvalue weighted by atomic mass is 16.5. The number of fused-ring (bicyclic) bond motifs is 4. The Morgan fingerprint density at radius 1 is 0.762 bits per heavy atom. The number of hydrogen-bond acceptors (Lipinski definition) is 9. The third-order valence-electron chi connectivity index (χ3n) is 8.08. The first kappa shape index (κ1) is 27.8. The Bertz CT molecular complexity index is 1480. The summed E-state index contributed by atoms with van der Waals surface area (Å²) >= 11 is 0. The molecule has 0 saturated carbocycles. The Morgan fingerprint density at radius 2 is 1.26 bits per heavy atom. The van der Waals surface area contributed by atoms with Gasteiger partial charge in [0.1, 0.15) is 17.8 Å². The van der Waals surface area contributed by atoms with Gasteiger partial charge in [-0.05, 0) is 24.6 Å². The summed E-state index contributed by atoms with van der Waals surface area (Å²) in [4.78, 5) is 54.4. The van der Waals surface area contributed by atoms with Crippen molar-refractivity contribution < 1.29 is 43.6 Å². The molecule has 4 heterocycles. The van der Waals surface area contributed by atoms with Crippen molar-refractivity contribution in [3.63, 3.8) is 0 Å². The molecule has 6 rings (SSSR count). The van der Waals surface area contributed by atoms with Crippen LogP contribution in [0.3, 0.4) is 0 Å². The van der Waals surface area contributed by atoms with E-state index in [9.17, 15) is 29.4 Å². The molecule has 2 fully saturated rings. The van der Waals surface area contributed by atoms with Gasteiger partial charge >= 0.3 is 0 Å². The van der Waals surface area contributed by atoms with Gasteiger partial charge in [-0.1, -0.05) is 0 Å². The zero-order chi connectivity index (χ0) is 29.7. The highest BCUT2D eigenvalue weighted by Crippen LogP contribution is 2.38. The lowest BCUT2D eigenvalue weighted by molar-refractivity contribution is -0.120. The number of rotatable bonds is 7. The van der Waals surface area contributed by atoms with Gasteiger partial charge in [-0.15, -0.1) is 0 Å². The highest BCUT2D eigenvalue weighted by Gasteiger charge is 2.43. The molecule has 4 N–H and O–H groups in total. The van der Waals surface area contributed by atoms with E-state index >= 15 is 0 Å². The maximum atomic E-state index is 13.1. The highest BCUT2D eigenvalue weighted by molar-refractivity contribution is 6.11. The molecule has 0 aromatic heterocycles. The molecule has 2 aromatic carbocycles. The van der Waals surface area contributed by atoms with E-state index in [4.69, 9.17) is 14.2 Å². The number of hydrogen-bond donors (Lipinski definition) is 4. The normalized spacial score (nSPS) is 24.6. The van der Waals surface area contributed by atoms with E-state index in [2.05, 4.69) is 10.6 Å². The number of ether oxygens (including phenoxy) is 3. The van der Waals surface area contributed by atoms with Crippen LogP contribution in [0.15, 0.2) is 24.3 Å². The summed E-state index contributed by atoms with van der Waals surface area (Å²) in [5.74, 6) is -0.195. The minimum absolute atomic E-state index is 0.0897. The lowest BCUT2D eigenvalue weighted by Crippen LogP contribution is -2.40. The molecule has 2 saturated heterocycles. The number of nitrogens with one attached hydrogen (secondary N) is 2. The third kappa shape index (κ3) is 4.88. The zero-order valence-electron chi connectivity index (χ0n) is 23.2. The van der Waals surface area contributed by atoms with Gasteiger partial charge in [0.2, 0.25) is 11.8 Å². The van der Waals surface area contributed by atoms with Crippen molar-refractivity contribution in [2.24, 2.45) is 0 Å². The molecule has 0 radical (unpaired) electrons. The van der Waals surface area contributed by atoms with Gasteiger partial charge in [0.25, 0.3) is 11.8 Å². The van der Waals surface area contributed by atoms with Gasteiger partial charge in [0.05, 0.1) is 55.0 Å². The van der Waals surface area contributed by atoms with Gasteiger partial charge in [-0.25, -0.2) is 0 Å². The van der Waals surface area contributed by atoms with Gasteiger partial charge in [-0.3, -0.25) is 19.2 Å². The van der Waals surface area contributed by atoms with E-state index in [1.54, 1.807) is 18.2 Å². The smallest absolute Gasteiger partial charge is 0.256 e. The molecule has 42 heavy (non-hydrogen) atoms. The van der Waals surface area contributed by atoms with Gasteiger partial charge in [0.15, 0.2) is 11.5 Å². The zero-order valence-corrected chi connectivity index (χ0v) is 23.2. The third-order valence-corrected chi connectivity index (χ3v) is 8.08. The molecule has 0 aliphatic carbocycles. The van der Waals surface area contributed by atoms with Crippen LogP contribution in [0.5, 0.6) is 17.2 Å². The molecule has 0 bridgehead atoms. The van der Waals surface area contributed by atoms with Crippen molar-refractivity contribution >= 4 is 35.0 Å². The number of aliphatic hydroxyl groups is 2. The minimum Gasteiger partial charge on any atom is -0.493 e. The van der Waals surface area contributed by atoms with Crippen LogP contribution in [0, 0.1) is 6.92 Å². The molecule has 4 aliphatic heterocycles. The molecule has 2 aromatic rings.